The first-order valence-corrected chi connectivity index (χ1v) is 3.41. The van der Waals surface area contributed by atoms with Crippen LogP contribution in [0.1, 0.15) is 46.0 Å². The molecule has 1 fully saturated rings. The van der Waals surface area contributed by atoms with Crippen molar-refractivity contribution in [1.82, 2.24) is 0 Å². The van der Waals surface area contributed by atoms with Crippen molar-refractivity contribution < 1.29 is 21.1 Å². The molecule has 0 atom stereocenters. The van der Waals surface area contributed by atoms with Crippen molar-refractivity contribution in [2.24, 2.45) is 0 Å². The van der Waals surface area contributed by atoms with Gasteiger partial charge in [-0.05, 0) is 0 Å². The van der Waals surface area contributed by atoms with Crippen molar-refractivity contribution in [2.45, 2.75) is 46.0 Å². The van der Waals surface area contributed by atoms with Crippen molar-refractivity contribution in [3.05, 3.63) is 0 Å². The molecule has 0 radical (unpaired) electrons. The first-order chi connectivity index (χ1) is 3.41. The molecular weight excluding hydrogens is 268 g/mol. The van der Waals surface area contributed by atoms with Gasteiger partial charge in [0.05, 0.1) is 0 Å². The Kier molecular flexibility index (Phi) is 15.3. The summed E-state index contributed by atoms with van der Waals surface area (Å²) in [5.41, 5.74) is 0. The Balaban J connectivity index is 0. The van der Waals surface area contributed by atoms with Crippen LogP contribution in [0.3, 0.4) is 0 Å². The molecule has 0 heterocycles. The predicted molar refractivity (Wildman–Crippen MR) is 34.4 cm³/mol. The zero-order chi connectivity index (χ0) is 5.54. The minimum atomic E-state index is 0. The molecule has 0 aliphatic heterocycles. The molecule has 1 saturated carbocycles. The second-order valence-electron chi connectivity index (χ2n) is 2.12. The van der Waals surface area contributed by atoms with Gasteiger partial charge in [-0.2, -0.15) is 0 Å². The maximum absolute atomic E-state index is 2.12. The molecule has 0 aromatic heterocycles. The summed E-state index contributed by atoms with van der Waals surface area (Å²) in [5.74, 6) is 0. The van der Waals surface area contributed by atoms with Crippen LogP contribution in [0.2, 0.25) is 0 Å². The van der Waals surface area contributed by atoms with Gasteiger partial charge in [0.25, 0.3) is 0 Å². The van der Waals surface area contributed by atoms with Crippen molar-refractivity contribution >= 4 is 0 Å². The molecule has 0 unspecified atom stereocenters. The largest absolute Gasteiger partial charge is 0.0656 e. The Hall–Kier alpha value is 0.688. The van der Waals surface area contributed by atoms with E-state index in [0.29, 0.717) is 0 Å². The Morgan fingerprint density at radius 3 is 1.00 bits per heavy atom. The van der Waals surface area contributed by atoms with Crippen LogP contribution in [0, 0.1) is 0 Å². The van der Waals surface area contributed by atoms with Crippen LogP contribution in [-0.2, 0) is 21.1 Å². The summed E-state index contributed by atoms with van der Waals surface area (Å²) in [6, 6.07) is 0. The Bertz CT molecular complexity index is 19.6. The van der Waals surface area contributed by atoms with Gasteiger partial charge in [0.2, 0.25) is 0 Å². The molecule has 0 N–H and O–H groups in total. The van der Waals surface area contributed by atoms with Crippen LogP contribution in [0.5, 0.6) is 0 Å². The van der Waals surface area contributed by atoms with E-state index in [-0.39, 0.29) is 21.1 Å². The van der Waals surface area contributed by atoms with Crippen LogP contribution in [-0.4, -0.2) is 0 Å². The van der Waals surface area contributed by atoms with E-state index in [1.165, 1.54) is 32.1 Å². The first-order valence-electron chi connectivity index (χ1n) is 3.41. The van der Waals surface area contributed by atoms with Crippen LogP contribution in [0.4, 0.5) is 0 Å². The molecule has 1 aliphatic carbocycles. The third-order valence-corrected chi connectivity index (χ3v) is 1.000. The fourth-order valence-corrected chi connectivity index (χ4v) is 0.250. The summed E-state index contributed by atoms with van der Waals surface area (Å²) in [5, 5.41) is 0. The van der Waals surface area contributed by atoms with E-state index >= 15 is 0 Å². The van der Waals surface area contributed by atoms with Crippen LogP contribution in [0.25, 0.3) is 0 Å². The molecule has 0 aromatic rings. The molecule has 0 spiro atoms. The van der Waals surface area contributed by atoms with Crippen molar-refractivity contribution in [3.63, 3.8) is 0 Å². The number of rotatable bonds is 0. The van der Waals surface area contributed by atoms with E-state index < -0.39 is 0 Å². The molecule has 0 nitrogen and oxygen atoms in total. The average Bonchev–Trinajstić information content (AvgIpc) is 1.27. The third kappa shape index (κ3) is 9.85. The van der Waals surface area contributed by atoms with E-state index in [0.717, 1.165) is 0 Å². The van der Waals surface area contributed by atoms with E-state index in [9.17, 15) is 0 Å². The van der Waals surface area contributed by atoms with Crippen LogP contribution in [0.15, 0.2) is 0 Å². The maximum Gasteiger partial charge on any atom is 0 e. The zero-order valence-electron chi connectivity index (χ0n) is 5.94. The molecule has 8 heavy (non-hydrogen) atoms. The topological polar surface area (TPSA) is 0 Å². The first kappa shape index (κ1) is 11.5. The van der Waals surface area contributed by atoms with Crippen molar-refractivity contribution in [2.75, 3.05) is 0 Å². The average molecular weight is 284 g/mol. The molecule has 50 valence electrons. The summed E-state index contributed by atoms with van der Waals surface area (Å²) in [7, 11) is 0. The van der Waals surface area contributed by atoms with Crippen molar-refractivity contribution in [3.8, 4) is 0 Å². The van der Waals surface area contributed by atoms with E-state index in [4.69, 9.17) is 0 Å². The summed E-state index contributed by atoms with van der Waals surface area (Å²) in [4.78, 5) is 0. The standard InChI is InChI=1S/C4H8.C3H8.W/c1-2-4-3-1;1-3-2;/h1-4H2;3H2,1-2H3;. The smallest absolute Gasteiger partial charge is 0 e. The predicted octanol–water partition coefficient (Wildman–Crippen LogP) is 2.97. The van der Waals surface area contributed by atoms with E-state index in [1.807, 2.05) is 0 Å². The molecule has 1 aliphatic rings. The van der Waals surface area contributed by atoms with Crippen LogP contribution < -0.4 is 0 Å². The summed E-state index contributed by atoms with van der Waals surface area (Å²) < 4.78 is 0. The quantitative estimate of drug-likeness (QED) is 0.641. The van der Waals surface area contributed by atoms with Crippen LogP contribution >= 0.6 is 0 Å². The van der Waals surface area contributed by atoms with Gasteiger partial charge in [0, 0.05) is 21.1 Å². The molecule has 0 bridgehead atoms. The molecular formula is C7H16W. The third-order valence-electron chi connectivity index (χ3n) is 1.000. The monoisotopic (exact) mass is 284 g/mol. The normalized spacial score (nSPS) is 14.2. The van der Waals surface area contributed by atoms with Gasteiger partial charge >= 0.3 is 0 Å². The zero-order valence-corrected chi connectivity index (χ0v) is 8.88. The number of hydrogen-bond acceptors (Lipinski definition) is 0. The molecule has 1 rings (SSSR count). The molecule has 0 amide bonds. The van der Waals surface area contributed by atoms with Gasteiger partial charge in [0.15, 0.2) is 0 Å². The fraction of sp³-hybridized carbons (Fsp3) is 1.00. The second kappa shape index (κ2) is 10.6. The second-order valence-corrected chi connectivity index (χ2v) is 2.12. The van der Waals surface area contributed by atoms with Gasteiger partial charge in [-0.3, -0.25) is 0 Å². The van der Waals surface area contributed by atoms with Gasteiger partial charge in [-0.1, -0.05) is 46.0 Å². The summed E-state index contributed by atoms with van der Waals surface area (Å²) in [6.45, 7) is 4.25. The Morgan fingerprint density at radius 1 is 0.875 bits per heavy atom. The van der Waals surface area contributed by atoms with E-state index in [2.05, 4.69) is 13.8 Å². The summed E-state index contributed by atoms with van der Waals surface area (Å²) >= 11 is 0. The Morgan fingerprint density at radius 2 is 1.00 bits per heavy atom. The SMILES string of the molecule is C1CCC1.CCC.[W]. The molecule has 0 aromatic carbocycles. The molecule has 0 saturated heterocycles. The van der Waals surface area contributed by atoms with Gasteiger partial charge < -0.3 is 0 Å². The van der Waals surface area contributed by atoms with Gasteiger partial charge in [-0.25, -0.2) is 0 Å². The minimum Gasteiger partial charge on any atom is -0.0656 e. The van der Waals surface area contributed by atoms with Gasteiger partial charge in [0.1, 0.15) is 0 Å². The fourth-order valence-electron chi connectivity index (χ4n) is 0.250. The molecule has 1 heteroatoms. The van der Waals surface area contributed by atoms with E-state index in [1.54, 1.807) is 0 Å². The number of hydrogen-bond donors (Lipinski definition) is 0. The summed E-state index contributed by atoms with van der Waals surface area (Å²) in [6.07, 6.45) is 7.25. The van der Waals surface area contributed by atoms with Crippen molar-refractivity contribution in [1.29, 1.82) is 0 Å². The Labute approximate surface area is 67.3 Å². The minimum absolute atomic E-state index is 0. The maximum atomic E-state index is 2.12. The van der Waals surface area contributed by atoms with Gasteiger partial charge in [-0.15, -0.1) is 0 Å².